The molecule has 0 aliphatic heterocycles. The van der Waals surface area contributed by atoms with E-state index in [1.165, 1.54) is 121 Å². The summed E-state index contributed by atoms with van der Waals surface area (Å²) in [6, 6.07) is 11.7. The fraction of sp³-hybridized carbons (Fsp3) is 0.794. The van der Waals surface area contributed by atoms with Crippen LogP contribution >= 0.6 is 0 Å². The molecule has 1 unspecified atom stereocenters. The molecule has 0 bridgehead atoms. The normalized spacial score (nSPS) is 25.2. The highest BCUT2D eigenvalue weighted by Crippen LogP contribution is 2.42. The first-order valence-electron chi connectivity index (χ1n) is 15.9. The second-order valence-corrected chi connectivity index (χ2v) is 12.2. The Morgan fingerprint density at radius 3 is 2.03 bits per heavy atom. The molecule has 2 aliphatic carbocycles. The van der Waals surface area contributed by atoms with E-state index in [1.54, 1.807) is 0 Å². The highest BCUT2D eigenvalue weighted by molar-refractivity contribution is 5.29. The van der Waals surface area contributed by atoms with Crippen LogP contribution in [0.4, 0.5) is 0 Å². The molecule has 0 amide bonds. The van der Waals surface area contributed by atoms with Crippen molar-refractivity contribution in [2.75, 3.05) is 6.61 Å². The molecule has 2 nitrogen and oxygen atoms in total. The number of benzene rings is 1. The summed E-state index contributed by atoms with van der Waals surface area (Å²) in [5, 5.41) is 9.97. The smallest absolute Gasteiger partial charge is 0.119 e. The molecule has 1 aromatic rings. The largest absolute Gasteiger partial charge is 0.494 e. The van der Waals surface area contributed by atoms with Gasteiger partial charge in [0.15, 0.2) is 0 Å². The van der Waals surface area contributed by atoms with Crippen LogP contribution < -0.4 is 4.74 Å². The van der Waals surface area contributed by atoms with Crippen LogP contribution in [0.3, 0.4) is 0 Å². The number of hydrogen-bond donors (Lipinski definition) is 0. The highest BCUT2D eigenvalue weighted by Gasteiger charge is 2.31. The molecule has 2 fully saturated rings. The van der Waals surface area contributed by atoms with E-state index in [4.69, 9.17) is 4.74 Å². The average molecular weight is 494 g/mol. The zero-order chi connectivity index (χ0) is 25.4. The lowest BCUT2D eigenvalue weighted by Gasteiger charge is -2.34. The predicted molar refractivity (Wildman–Crippen MR) is 153 cm³/mol. The van der Waals surface area contributed by atoms with Crippen LogP contribution in [0, 0.1) is 35.0 Å². The van der Waals surface area contributed by atoms with Gasteiger partial charge in [0.05, 0.1) is 12.7 Å². The van der Waals surface area contributed by atoms with Gasteiger partial charge < -0.3 is 4.74 Å². The maximum absolute atomic E-state index is 9.97. The van der Waals surface area contributed by atoms with Gasteiger partial charge in [-0.1, -0.05) is 96.6 Å². The lowest BCUT2D eigenvalue weighted by Crippen LogP contribution is -2.24. The van der Waals surface area contributed by atoms with E-state index in [1.807, 2.05) is 0 Å². The summed E-state index contributed by atoms with van der Waals surface area (Å²) in [7, 11) is 0. The van der Waals surface area contributed by atoms with Crippen molar-refractivity contribution in [3.05, 3.63) is 29.8 Å². The van der Waals surface area contributed by atoms with Crippen LogP contribution in [0.1, 0.15) is 147 Å². The van der Waals surface area contributed by atoms with Crippen molar-refractivity contribution >= 4 is 0 Å². The standard InChI is InChI=1S/C34H55NO/c1-3-5-7-8-9-11-25-36-34-23-21-31(22-24-34)30-19-15-29(16-20-30)26-33(27-35)32-17-13-28(14-18-32)12-10-6-4-2/h21-24,28-30,32-33H,3-20,25-26H2,1-2H3. The molecule has 0 radical (unpaired) electrons. The minimum absolute atomic E-state index is 0.297. The van der Waals surface area contributed by atoms with E-state index in [-0.39, 0.29) is 0 Å². The van der Waals surface area contributed by atoms with Crippen molar-refractivity contribution in [3.8, 4) is 11.8 Å². The van der Waals surface area contributed by atoms with E-state index >= 15 is 0 Å². The molecule has 2 heteroatoms. The summed E-state index contributed by atoms with van der Waals surface area (Å²) in [5.74, 6) is 4.37. The fourth-order valence-electron chi connectivity index (χ4n) is 6.91. The molecule has 202 valence electrons. The summed E-state index contributed by atoms with van der Waals surface area (Å²) in [4.78, 5) is 0. The molecule has 0 spiro atoms. The third kappa shape index (κ3) is 10.1. The third-order valence-corrected chi connectivity index (χ3v) is 9.39. The predicted octanol–water partition coefficient (Wildman–Crippen LogP) is 10.6. The van der Waals surface area contributed by atoms with Gasteiger partial charge in [-0.15, -0.1) is 0 Å². The van der Waals surface area contributed by atoms with Gasteiger partial charge in [0, 0.05) is 5.92 Å². The van der Waals surface area contributed by atoms with E-state index in [2.05, 4.69) is 44.2 Å². The molecule has 0 aromatic heterocycles. The Balaban J connectivity index is 1.32. The molecule has 2 saturated carbocycles. The zero-order valence-electron chi connectivity index (χ0n) is 23.7. The van der Waals surface area contributed by atoms with Crippen molar-refractivity contribution < 1.29 is 4.74 Å². The molecule has 0 heterocycles. The van der Waals surface area contributed by atoms with Crippen LogP contribution in [0.15, 0.2) is 24.3 Å². The van der Waals surface area contributed by atoms with Crippen LogP contribution in [0.5, 0.6) is 5.75 Å². The molecular weight excluding hydrogens is 438 g/mol. The van der Waals surface area contributed by atoms with Crippen molar-refractivity contribution in [3.63, 3.8) is 0 Å². The lowest BCUT2D eigenvalue weighted by atomic mass is 9.70. The highest BCUT2D eigenvalue weighted by atomic mass is 16.5. The number of ether oxygens (including phenoxy) is 1. The molecule has 0 saturated heterocycles. The Bertz CT molecular complexity index is 719. The summed E-state index contributed by atoms with van der Waals surface area (Å²) in [6.07, 6.45) is 25.0. The number of unbranched alkanes of at least 4 members (excludes halogenated alkanes) is 7. The minimum Gasteiger partial charge on any atom is -0.494 e. The molecule has 1 aromatic carbocycles. The van der Waals surface area contributed by atoms with Gasteiger partial charge in [0.1, 0.15) is 5.75 Å². The maximum Gasteiger partial charge on any atom is 0.119 e. The average Bonchev–Trinajstić information content (AvgIpc) is 2.92. The minimum atomic E-state index is 0.297. The van der Waals surface area contributed by atoms with Crippen molar-refractivity contribution in [1.82, 2.24) is 0 Å². The van der Waals surface area contributed by atoms with Crippen molar-refractivity contribution in [2.24, 2.45) is 23.7 Å². The Labute approximate surface area is 223 Å². The van der Waals surface area contributed by atoms with Gasteiger partial charge in [-0.05, 0) is 92.7 Å². The molecule has 1 atom stereocenters. The first-order chi connectivity index (χ1) is 17.7. The summed E-state index contributed by atoms with van der Waals surface area (Å²) in [6.45, 7) is 5.41. The Hall–Kier alpha value is -1.49. The molecule has 0 N–H and O–H groups in total. The number of rotatable bonds is 16. The van der Waals surface area contributed by atoms with Crippen LogP contribution in [-0.4, -0.2) is 6.61 Å². The Morgan fingerprint density at radius 1 is 0.750 bits per heavy atom. The molecular formula is C34H55NO. The van der Waals surface area contributed by atoms with Gasteiger partial charge in [-0.2, -0.15) is 5.26 Å². The van der Waals surface area contributed by atoms with E-state index in [9.17, 15) is 5.26 Å². The summed E-state index contributed by atoms with van der Waals surface area (Å²) in [5.41, 5.74) is 1.48. The van der Waals surface area contributed by atoms with Gasteiger partial charge in [0.2, 0.25) is 0 Å². The van der Waals surface area contributed by atoms with E-state index < -0.39 is 0 Å². The second-order valence-electron chi connectivity index (χ2n) is 12.2. The molecule has 36 heavy (non-hydrogen) atoms. The second kappa shape index (κ2) is 17.1. The van der Waals surface area contributed by atoms with E-state index in [0.29, 0.717) is 17.8 Å². The van der Waals surface area contributed by atoms with Gasteiger partial charge >= 0.3 is 0 Å². The monoisotopic (exact) mass is 493 g/mol. The number of hydrogen-bond acceptors (Lipinski definition) is 2. The Morgan fingerprint density at radius 2 is 1.36 bits per heavy atom. The summed E-state index contributed by atoms with van der Waals surface area (Å²) >= 11 is 0. The molecule has 2 aliphatic rings. The van der Waals surface area contributed by atoms with Crippen LogP contribution in [-0.2, 0) is 0 Å². The number of nitrogens with zero attached hydrogens (tertiary/aromatic N) is 1. The van der Waals surface area contributed by atoms with Crippen LogP contribution in [0.2, 0.25) is 0 Å². The SMILES string of the molecule is CCCCCCCCOc1ccc(C2CCC(CC(C#N)C3CCC(CCCCC)CC3)CC2)cc1. The number of nitriles is 1. The lowest BCUT2D eigenvalue weighted by molar-refractivity contribution is 0.187. The molecule has 3 rings (SSSR count). The van der Waals surface area contributed by atoms with Gasteiger partial charge in [-0.3, -0.25) is 0 Å². The van der Waals surface area contributed by atoms with Crippen LogP contribution in [0.25, 0.3) is 0 Å². The topological polar surface area (TPSA) is 33.0 Å². The third-order valence-electron chi connectivity index (χ3n) is 9.39. The van der Waals surface area contributed by atoms with Gasteiger partial charge in [0.25, 0.3) is 0 Å². The van der Waals surface area contributed by atoms with E-state index in [0.717, 1.165) is 30.6 Å². The maximum atomic E-state index is 9.97. The zero-order valence-corrected chi connectivity index (χ0v) is 23.7. The first-order valence-corrected chi connectivity index (χ1v) is 15.9. The van der Waals surface area contributed by atoms with Crippen molar-refractivity contribution in [1.29, 1.82) is 5.26 Å². The Kier molecular flexibility index (Phi) is 13.8. The van der Waals surface area contributed by atoms with Gasteiger partial charge in [-0.25, -0.2) is 0 Å². The summed E-state index contributed by atoms with van der Waals surface area (Å²) < 4.78 is 5.99. The first kappa shape index (κ1) is 29.1. The quantitative estimate of drug-likeness (QED) is 0.214. The fourth-order valence-corrected chi connectivity index (χ4v) is 6.91. The van der Waals surface area contributed by atoms with Crippen molar-refractivity contribution in [2.45, 2.75) is 142 Å².